The first-order valence-corrected chi connectivity index (χ1v) is 4.78. The van der Waals surface area contributed by atoms with Crippen LogP contribution >= 0.6 is 0 Å². The maximum absolute atomic E-state index is 11.6. The van der Waals surface area contributed by atoms with Gasteiger partial charge in [0.25, 0.3) is 0 Å². The van der Waals surface area contributed by atoms with E-state index < -0.39 is 5.60 Å². The number of nitrogens with one attached hydrogen (secondary N) is 1. The molecule has 1 saturated heterocycles. The van der Waals surface area contributed by atoms with Crippen LogP contribution in [-0.4, -0.2) is 19.1 Å². The second kappa shape index (κ2) is 2.58. The van der Waals surface area contributed by atoms with Crippen LogP contribution in [0, 0.1) is 0 Å². The number of hydrogen-bond acceptors (Lipinski definition) is 3. The van der Waals surface area contributed by atoms with Gasteiger partial charge in [0.05, 0.1) is 5.56 Å². The summed E-state index contributed by atoms with van der Waals surface area (Å²) in [7, 11) is 0. The highest BCUT2D eigenvalue weighted by atomic mass is 16.6. The first-order valence-electron chi connectivity index (χ1n) is 5.23. The Hall–Kier alpha value is -1.35. The lowest BCUT2D eigenvalue weighted by molar-refractivity contribution is 0.00164. The van der Waals surface area contributed by atoms with Crippen molar-refractivity contribution in [3.63, 3.8) is 0 Å². The number of fused-ring (bicyclic) bond motifs is 2. The van der Waals surface area contributed by atoms with Crippen molar-refractivity contribution in [3.8, 4) is 0 Å². The van der Waals surface area contributed by atoms with Gasteiger partial charge in [0.15, 0.2) is 5.60 Å². The van der Waals surface area contributed by atoms with Crippen molar-refractivity contribution in [3.05, 3.63) is 35.4 Å². The fourth-order valence-corrected chi connectivity index (χ4v) is 2.25. The zero-order valence-electron chi connectivity index (χ0n) is 8.69. The molecule has 0 radical (unpaired) electrons. The van der Waals surface area contributed by atoms with Gasteiger partial charge in [-0.25, -0.2) is 4.79 Å². The Labute approximate surface area is 83.5 Å². The van der Waals surface area contributed by atoms with Crippen molar-refractivity contribution in [1.29, 1.82) is 0 Å². The topological polar surface area (TPSA) is 38.3 Å². The second-order valence-corrected chi connectivity index (χ2v) is 3.78. The molecule has 0 unspecified atom stereocenters. The van der Waals surface area contributed by atoms with E-state index in [2.05, 4.69) is 0 Å². The van der Waals surface area contributed by atoms with Crippen molar-refractivity contribution in [2.24, 2.45) is 0 Å². The lowest BCUT2D eigenvalue weighted by atomic mass is 9.92. The molecule has 2 aliphatic rings. The Balaban J connectivity index is 2.12. The van der Waals surface area contributed by atoms with Gasteiger partial charge in [-0.3, -0.25) is 0 Å². The van der Waals surface area contributed by atoms with Crippen LogP contribution in [0.15, 0.2) is 24.3 Å². The van der Waals surface area contributed by atoms with Crippen molar-refractivity contribution >= 4 is 5.97 Å². The van der Waals surface area contributed by atoms with Crippen LogP contribution in [0.25, 0.3) is 0 Å². The molecule has 0 amide bonds. The van der Waals surface area contributed by atoms with Gasteiger partial charge in [-0.15, -0.1) is 0 Å². The third-order valence-corrected chi connectivity index (χ3v) is 2.97. The normalized spacial score (nSPS) is 31.7. The van der Waals surface area contributed by atoms with Crippen LogP contribution in [0.2, 0.25) is 1.41 Å². The molecule has 0 saturated carbocycles. The van der Waals surface area contributed by atoms with E-state index in [1.165, 1.54) is 5.31 Å². The molecule has 0 aromatic heterocycles. The molecular weight excluding hydrogens is 178 g/mol. The summed E-state index contributed by atoms with van der Waals surface area (Å²) >= 11 is 0. The Bertz CT molecular complexity index is 434. The van der Waals surface area contributed by atoms with Gasteiger partial charge < -0.3 is 10.0 Å². The number of carbonyl (C=O) groups excluding carboxylic acids is 1. The minimum absolute atomic E-state index is 0.249. The molecule has 1 aromatic carbocycles. The summed E-state index contributed by atoms with van der Waals surface area (Å²) in [6.07, 6.45) is 0.721. The minimum Gasteiger partial charge on any atom is -0.449 e. The zero-order valence-corrected chi connectivity index (χ0v) is 7.69. The van der Waals surface area contributed by atoms with Crippen LogP contribution in [-0.2, 0) is 10.3 Å². The first kappa shape index (κ1) is 7.01. The van der Waals surface area contributed by atoms with E-state index in [1.807, 2.05) is 18.2 Å². The molecule has 0 bridgehead atoms. The third-order valence-electron chi connectivity index (χ3n) is 2.97. The second-order valence-electron chi connectivity index (χ2n) is 3.78. The Morgan fingerprint density at radius 2 is 2.36 bits per heavy atom. The van der Waals surface area contributed by atoms with Gasteiger partial charge in [0.2, 0.25) is 0 Å². The minimum atomic E-state index is -0.546. The number of benzene rings is 1. The highest BCUT2D eigenvalue weighted by Gasteiger charge is 2.47. The number of ether oxygens (including phenoxy) is 1. The fourth-order valence-electron chi connectivity index (χ4n) is 2.25. The predicted octanol–water partition coefficient (Wildman–Crippen LogP) is 1.05. The van der Waals surface area contributed by atoms with Gasteiger partial charge in [-0.05, 0) is 12.6 Å². The predicted molar refractivity (Wildman–Crippen MR) is 51.0 cm³/mol. The summed E-state index contributed by atoms with van der Waals surface area (Å²) in [5.41, 5.74) is 1.06. The van der Waals surface area contributed by atoms with Crippen molar-refractivity contribution in [1.82, 2.24) is 5.31 Å². The van der Waals surface area contributed by atoms with Gasteiger partial charge in [-0.1, -0.05) is 18.2 Å². The molecule has 3 rings (SSSR count). The molecule has 1 atom stereocenters. The van der Waals surface area contributed by atoms with Crippen molar-refractivity contribution in [2.45, 2.75) is 12.0 Å². The van der Waals surface area contributed by atoms with Crippen LogP contribution in [0.5, 0.6) is 0 Å². The average molecular weight is 190 g/mol. The Kier molecular flexibility index (Phi) is 1.29. The highest BCUT2D eigenvalue weighted by Crippen LogP contribution is 2.40. The summed E-state index contributed by atoms with van der Waals surface area (Å²) in [6.45, 7) is 1.14. The quantitative estimate of drug-likeness (QED) is 0.621. The zero-order chi connectivity index (χ0) is 10.5. The Morgan fingerprint density at radius 1 is 1.50 bits per heavy atom. The van der Waals surface area contributed by atoms with E-state index in [0.29, 0.717) is 18.7 Å². The van der Waals surface area contributed by atoms with E-state index in [0.717, 1.165) is 12.0 Å². The number of carbonyl (C=O) groups is 1. The van der Waals surface area contributed by atoms with Gasteiger partial charge in [0.1, 0.15) is 1.41 Å². The fraction of sp³-hybridized carbons (Fsp3) is 0.364. The van der Waals surface area contributed by atoms with E-state index in [4.69, 9.17) is 6.15 Å². The van der Waals surface area contributed by atoms with Crippen LogP contribution < -0.4 is 5.31 Å². The molecule has 3 nitrogen and oxygen atoms in total. The largest absolute Gasteiger partial charge is 0.449 e. The van der Waals surface area contributed by atoms with E-state index in [1.54, 1.807) is 6.07 Å². The molecule has 1 fully saturated rings. The van der Waals surface area contributed by atoms with Gasteiger partial charge >= 0.3 is 5.97 Å². The molecule has 1 N–H and O–H groups in total. The van der Waals surface area contributed by atoms with Crippen molar-refractivity contribution < 1.29 is 10.9 Å². The molecule has 3 heteroatoms. The summed E-state index contributed by atoms with van der Waals surface area (Å²) in [4.78, 5) is 11.6. The number of esters is 1. The smallest absolute Gasteiger partial charge is 0.339 e. The third kappa shape index (κ3) is 0.876. The average Bonchev–Trinajstić information content (AvgIpc) is 2.72. The lowest BCUT2D eigenvalue weighted by Crippen LogP contribution is -2.28. The van der Waals surface area contributed by atoms with Crippen LogP contribution in [0.4, 0.5) is 0 Å². The maximum atomic E-state index is 11.6. The van der Waals surface area contributed by atoms with E-state index in [-0.39, 0.29) is 5.97 Å². The molecule has 72 valence electrons. The molecule has 2 heterocycles. The highest BCUT2D eigenvalue weighted by molar-refractivity contribution is 5.94. The van der Waals surface area contributed by atoms with Gasteiger partial charge in [0, 0.05) is 18.5 Å². The van der Waals surface area contributed by atoms with Crippen LogP contribution in [0.1, 0.15) is 22.3 Å². The van der Waals surface area contributed by atoms with E-state index in [9.17, 15) is 4.79 Å². The number of hydrogen-bond donors (Lipinski definition) is 1. The first-order chi connectivity index (χ1) is 7.21. The molecule has 0 aliphatic carbocycles. The Morgan fingerprint density at radius 3 is 3.14 bits per heavy atom. The maximum Gasteiger partial charge on any atom is 0.339 e. The number of rotatable bonds is 0. The summed E-state index contributed by atoms with van der Waals surface area (Å²) in [6, 6.07) is 7.47. The monoisotopic (exact) mass is 190 g/mol. The molecular formula is C11H11NO2. The van der Waals surface area contributed by atoms with E-state index >= 15 is 0 Å². The summed E-state index contributed by atoms with van der Waals surface area (Å²) in [5.74, 6) is -0.249. The lowest BCUT2D eigenvalue weighted by Gasteiger charge is -2.21. The summed E-state index contributed by atoms with van der Waals surface area (Å²) in [5, 5.41) is 1.45. The molecule has 14 heavy (non-hydrogen) atoms. The molecule has 1 aromatic rings. The molecule has 1 spiro atoms. The SMILES string of the molecule is [2H]N1CC[C@@]2(C1)OC(=O)c1ccccc12. The standard InChI is InChI=1S/C11H11NO2/c13-10-8-3-1-2-4-9(8)11(14-10)5-6-12-7-11/h1-4,12H,5-7H2/t11-/m0/s1/i/hD. The van der Waals surface area contributed by atoms with Crippen molar-refractivity contribution in [2.75, 3.05) is 13.1 Å². The summed E-state index contributed by atoms with van der Waals surface area (Å²) < 4.78 is 13.0. The molecule has 2 aliphatic heterocycles. The van der Waals surface area contributed by atoms with Gasteiger partial charge in [-0.2, -0.15) is 0 Å². The van der Waals surface area contributed by atoms with Crippen LogP contribution in [0.3, 0.4) is 0 Å².